The third-order valence-corrected chi connectivity index (χ3v) is 6.50. The molecule has 1 saturated heterocycles. The van der Waals surface area contributed by atoms with Gasteiger partial charge in [0.05, 0.1) is 15.5 Å². The first-order valence-electron chi connectivity index (χ1n) is 6.36. The van der Waals surface area contributed by atoms with E-state index in [0.717, 1.165) is 4.31 Å². The number of sulfonamides is 1. The van der Waals surface area contributed by atoms with Crippen LogP contribution in [0.15, 0.2) is 23.1 Å². The summed E-state index contributed by atoms with van der Waals surface area (Å²) in [4.78, 5) is 11.2. The summed E-state index contributed by atoms with van der Waals surface area (Å²) in [5.41, 5.74) is -1.10. The highest BCUT2D eigenvalue weighted by Gasteiger charge is 2.42. The maximum atomic E-state index is 12.7. The van der Waals surface area contributed by atoms with Crippen molar-refractivity contribution in [3.05, 3.63) is 28.2 Å². The minimum absolute atomic E-state index is 0.0325. The average Bonchev–Trinajstić information content (AvgIpc) is 2.38. The molecule has 0 amide bonds. The largest absolute Gasteiger partial charge is 0.481 e. The van der Waals surface area contributed by atoms with Crippen molar-refractivity contribution in [2.45, 2.75) is 24.7 Å². The molecule has 0 bridgehead atoms. The van der Waals surface area contributed by atoms with Gasteiger partial charge in [0.25, 0.3) is 0 Å². The van der Waals surface area contributed by atoms with Crippen molar-refractivity contribution in [2.24, 2.45) is 5.41 Å². The Labute approximate surface area is 133 Å². The zero-order valence-electron chi connectivity index (χ0n) is 11.3. The summed E-state index contributed by atoms with van der Waals surface area (Å²) >= 11 is 11.9. The maximum absolute atomic E-state index is 12.7. The van der Waals surface area contributed by atoms with Crippen LogP contribution in [-0.4, -0.2) is 36.9 Å². The van der Waals surface area contributed by atoms with Crippen molar-refractivity contribution < 1.29 is 18.3 Å². The summed E-state index contributed by atoms with van der Waals surface area (Å²) < 4.78 is 26.6. The standard InChI is InChI=1S/C13H15Cl2NO4S/c1-13(12(17)18)6-3-7-16(8-13)21(19,20)11-9(14)4-2-5-10(11)15/h2,4-5H,3,6-8H2,1H3,(H,17,18). The highest BCUT2D eigenvalue weighted by atomic mass is 35.5. The summed E-state index contributed by atoms with van der Waals surface area (Å²) in [7, 11) is -3.92. The van der Waals surface area contributed by atoms with E-state index in [0.29, 0.717) is 12.8 Å². The van der Waals surface area contributed by atoms with E-state index in [1.165, 1.54) is 12.1 Å². The first-order chi connectivity index (χ1) is 9.68. The van der Waals surface area contributed by atoms with Crippen molar-refractivity contribution in [1.82, 2.24) is 4.31 Å². The predicted octanol–water partition coefficient (Wildman–Crippen LogP) is 2.87. The monoisotopic (exact) mass is 351 g/mol. The Morgan fingerprint density at radius 1 is 1.33 bits per heavy atom. The van der Waals surface area contributed by atoms with Crippen molar-refractivity contribution in [3.8, 4) is 0 Å². The normalized spacial score (nSPS) is 24.0. The molecule has 0 radical (unpaired) electrons. The predicted molar refractivity (Wildman–Crippen MR) is 80.2 cm³/mol. The van der Waals surface area contributed by atoms with E-state index in [4.69, 9.17) is 23.2 Å². The topological polar surface area (TPSA) is 74.7 Å². The van der Waals surface area contributed by atoms with Crippen molar-refractivity contribution in [2.75, 3.05) is 13.1 Å². The molecule has 1 fully saturated rings. The molecule has 2 rings (SSSR count). The average molecular weight is 352 g/mol. The number of hydrogen-bond donors (Lipinski definition) is 1. The molecule has 0 saturated carbocycles. The fourth-order valence-electron chi connectivity index (χ4n) is 2.43. The van der Waals surface area contributed by atoms with Gasteiger partial charge in [-0.2, -0.15) is 4.31 Å². The van der Waals surface area contributed by atoms with Crippen LogP contribution >= 0.6 is 23.2 Å². The molecule has 21 heavy (non-hydrogen) atoms. The van der Waals surface area contributed by atoms with E-state index >= 15 is 0 Å². The number of rotatable bonds is 3. The molecule has 5 nitrogen and oxygen atoms in total. The fraction of sp³-hybridized carbons (Fsp3) is 0.462. The zero-order chi connectivity index (χ0) is 15.8. The number of carbonyl (C=O) groups is 1. The first kappa shape index (κ1) is 16.5. The number of benzene rings is 1. The number of carboxylic acids is 1. The van der Waals surface area contributed by atoms with Crippen molar-refractivity contribution in [1.29, 1.82) is 0 Å². The number of piperidine rings is 1. The Balaban J connectivity index is 2.43. The summed E-state index contributed by atoms with van der Waals surface area (Å²) in [6, 6.07) is 4.45. The lowest BCUT2D eigenvalue weighted by atomic mass is 9.83. The third kappa shape index (κ3) is 3.04. The van der Waals surface area contributed by atoms with Gasteiger partial charge in [0.2, 0.25) is 10.0 Å². The molecule has 1 unspecified atom stereocenters. The Morgan fingerprint density at radius 3 is 2.43 bits per heavy atom. The Kier molecular flexibility index (Phi) is 4.54. The number of aliphatic carboxylic acids is 1. The lowest BCUT2D eigenvalue weighted by Gasteiger charge is -2.36. The summed E-state index contributed by atoms with van der Waals surface area (Å²) in [6.07, 6.45) is 0.911. The molecular formula is C13H15Cl2NO4S. The Morgan fingerprint density at radius 2 is 1.90 bits per heavy atom. The van der Waals surface area contributed by atoms with Crippen LogP contribution in [0.2, 0.25) is 10.0 Å². The molecule has 0 aliphatic carbocycles. The van der Waals surface area contributed by atoms with E-state index in [9.17, 15) is 18.3 Å². The highest BCUT2D eigenvalue weighted by molar-refractivity contribution is 7.89. The lowest BCUT2D eigenvalue weighted by molar-refractivity contribution is -0.150. The molecule has 116 valence electrons. The van der Waals surface area contributed by atoms with Crippen LogP contribution in [0.4, 0.5) is 0 Å². The van der Waals surface area contributed by atoms with E-state index in [1.807, 2.05) is 0 Å². The number of carboxylic acid groups (broad SMARTS) is 1. The van der Waals surface area contributed by atoms with Gasteiger partial charge in [-0.15, -0.1) is 0 Å². The van der Waals surface area contributed by atoms with Crippen molar-refractivity contribution >= 4 is 39.2 Å². The molecule has 1 aromatic carbocycles. The van der Waals surface area contributed by atoms with E-state index in [1.54, 1.807) is 13.0 Å². The number of nitrogens with zero attached hydrogens (tertiary/aromatic N) is 1. The minimum atomic E-state index is -3.92. The SMILES string of the molecule is CC1(C(=O)O)CCCN(S(=O)(=O)c2c(Cl)cccc2Cl)C1. The molecule has 1 heterocycles. The molecule has 0 aromatic heterocycles. The molecule has 1 aliphatic rings. The fourth-order valence-corrected chi connectivity index (χ4v) is 5.12. The first-order valence-corrected chi connectivity index (χ1v) is 8.56. The van der Waals surface area contributed by atoms with Crippen molar-refractivity contribution in [3.63, 3.8) is 0 Å². The van der Waals surface area contributed by atoms with E-state index in [2.05, 4.69) is 0 Å². The van der Waals surface area contributed by atoms with Gasteiger partial charge in [-0.1, -0.05) is 29.3 Å². The number of halogens is 2. The zero-order valence-corrected chi connectivity index (χ0v) is 13.7. The van der Waals surface area contributed by atoms with Gasteiger partial charge in [0.1, 0.15) is 4.90 Å². The van der Waals surface area contributed by atoms with Crippen LogP contribution in [0.25, 0.3) is 0 Å². The Bertz CT molecular complexity index is 656. The Hall–Kier alpha value is -0.820. The van der Waals surface area contributed by atoms with Gasteiger partial charge >= 0.3 is 5.97 Å². The van der Waals surface area contributed by atoms with Crippen LogP contribution in [0.1, 0.15) is 19.8 Å². The molecular weight excluding hydrogens is 337 g/mol. The van der Waals surface area contributed by atoms with Gasteiger partial charge in [-0.3, -0.25) is 4.79 Å². The van der Waals surface area contributed by atoms with Gasteiger partial charge < -0.3 is 5.11 Å². The smallest absolute Gasteiger partial charge is 0.310 e. The van der Waals surface area contributed by atoms with Gasteiger partial charge in [0, 0.05) is 13.1 Å². The third-order valence-electron chi connectivity index (χ3n) is 3.69. The second-order valence-corrected chi connectivity index (χ2v) is 8.05. The quantitative estimate of drug-likeness (QED) is 0.908. The minimum Gasteiger partial charge on any atom is -0.481 e. The lowest BCUT2D eigenvalue weighted by Crippen LogP contribution is -2.48. The molecule has 1 aliphatic heterocycles. The molecule has 8 heteroatoms. The second kappa shape index (κ2) is 5.76. The maximum Gasteiger partial charge on any atom is 0.310 e. The van der Waals surface area contributed by atoms with Crippen LogP contribution in [-0.2, 0) is 14.8 Å². The summed E-state index contributed by atoms with van der Waals surface area (Å²) in [5.74, 6) is -1.01. The highest BCUT2D eigenvalue weighted by Crippen LogP contribution is 2.36. The van der Waals surface area contributed by atoms with Gasteiger partial charge in [-0.05, 0) is 31.9 Å². The van der Waals surface area contributed by atoms with E-state index < -0.39 is 21.4 Å². The summed E-state index contributed by atoms with van der Waals surface area (Å²) in [6.45, 7) is 1.71. The van der Waals surface area contributed by atoms with Crippen LogP contribution in [0, 0.1) is 5.41 Å². The van der Waals surface area contributed by atoms with Gasteiger partial charge in [-0.25, -0.2) is 8.42 Å². The molecule has 1 atom stereocenters. The van der Waals surface area contributed by atoms with Crippen LogP contribution in [0.3, 0.4) is 0 Å². The van der Waals surface area contributed by atoms with Crippen LogP contribution in [0.5, 0.6) is 0 Å². The second-order valence-electron chi connectivity index (χ2n) is 5.36. The molecule has 1 aromatic rings. The molecule has 0 spiro atoms. The van der Waals surface area contributed by atoms with E-state index in [-0.39, 0.29) is 28.0 Å². The number of hydrogen-bond acceptors (Lipinski definition) is 3. The van der Waals surface area contributed by atoms with Crippen LogP contribution < -0.4 is 0 Å². The van der Waals surface area contributed by atoms with Gasteiger partial charge in [0.15, 0.2) is 0 Å². The summed E-state index contributed by atoms with van der Waals surface area (Å²) in [5, 5.41) is 9.35. The molecule has 1 N–H and O–H groups in total.